The summed E-state index contributed by atoms with van der Waals surface area (Å²) in [6, 6.07) is 0. The van der Waals surface area contributed by atoms with Crippen molar-refractivity contribution in [2.45, 2.75) is 32.6 Å². The fourth-order valence-corrected chi connectivity index (χ4v) is 2.70. The Hall–Kier alpha value is -1.32. The van der Waals surface area contributed by atoms with Gasteiger partial charge in [-0.2, -0.15) is 0 Å². The van der Waals surface area contributed by atoms with E-state index in [9.17, 15) is 9.59 Å². The second kappa shape index (κ2) is 6.57. The molecule has 0 aliphatic heterocycles. The number of hydrogen-bond acceptors (Lipinski definition) is 2. The Morgan fingerprint density at radius 2 is 2.00 bits per heavy atom. The molecule has 0 spiro atoms. The van der Waals surface area contributed by atoms with Crippen LogP contribution < -0.4 is 0 Å². The van der Waals surface area contributed by atoms with E-state index in [0.717, 1.165) is 12.8 Å². The van der Waals surface area contributed by atoms with Crippen LogP contribution in [0, 0.1) is 17.8 Å². The summed E-state index contributed by atoms with van der Waals surface area (Å²) in [4.78, 5) is 25.1. The van der Waals surface area contributed by atoms with Gasteiger partial charge in [0.1, 0.15) is 0 Å². The van der Waals surface area contributed by atoms with Gasteiger partial charge in [-0.3, -0.25) is 9.59 Å². The summed E-state index contributed by atoms with van der Waals surface area (Å²) in [6.07, 6.45) is 4.90. The molecule has 3 atom stereocenters. The number of carboxylic acids is 1. The van der Waals surface area contributed by atoms with Crippen molar-refractivity contribution < 1.29 is 14.7 Å². The lowest BCUT2D eigenvalue weighted by molar-refractivity contribution is -0.148. The van der Waals surface area contributed by atoms with E-state index in [-0.39, 0.29) is 11.8 Å². The lowest BCUT2D eigenvalue weighted by Crippen LogP contribution is -2.37. The molecule has 4 heteroatoms. The number of amides is 1. The van der Waals surface area contributed by atoms with Crippen molar-refractivity contribution in [1.29, 1.82) is 0 Å². The SMILES string of the molecule is C=CCCCN(C)C(=O)[C@H]1CC(C)C[C@H]1C(=O)O. The van der Waals surface area contributed by atoms with Crippen molar-refractivity contribution in [2.75, 3.05) is 13.6 Å². The monoisotopic (exact) mass is 253 g/mol. The van der Waals surface area contributed by atoms with Gasteiger partial charge >= 0.3 is 5.97 Å². The summed E-state index contributed by atoms with van der Waals surface area (Å²) in [6.45, 7) is 6.33. The van der Waals surface area contributed by atoms with Gasteiger partial charge in [-0.25, -0.2) is 0 Å². The highest BCUT2D eigenvalue weighted by atomic mass is 16.4. The summed E-state index contributed by atoms with van der Waals surface area (Å²) < 4.78 is 0. The molecule has 1 aliphatic carbocycles. The Morgan fingerprint density at radius 1 is 1.39 bits per heavy atom. The van der Waals surface area contributed by atoms with E-state index in [2.05, 4.69) is 6.58 Å². The van der Waals surface area contributed by atoms with Crippen LogP contribution in [-0.4, -0.2) is 35.5 Å². The molecule has 4 nitrogen and oxygen atoms in total. The number of carboxylic acid groups (broad SMARTS) is 1. The van der Waals surface area contributed by atoms with Gasteiger partial charge in [-0.1, -0.05) is 13.0 Å². The molecular formula is C14H23NO3. The molecule has 1 aliphatic rings. The molecule has 1 unspecified atom stereocenters. The lowest BCUT2D eigenvalue weighted by atomic mass is 9.95. The van der Waals surface area contributed by atoms with Crippen LogP contribution in [0.25, 0.3) is 0 Å². The quantitative estimate of drug-likeness (QED) is 0.583. The van der Waals surface area contributed by atoms with Crippen molar-refractivity contribution in [3.63, 3.8) is 0 Å². The van der Waals surface area contributed by atoms with Gasteiger partial charge in [0.15, 0.2) is 0 Å². The highest BCUT2D eigenvalue weighted by Gasteiger charge is 2.42. The molecule has 1 N–H and O–H groups in total. The standard InChI is InChI=1S/C14H23NO3/c1-4-5-6-7-15(3)13(16)11-8-10(2)9-12(11)14(17)18/h4,10-12H,1,5-9H2,2-3H3,(H,17,18)/t10?,11-,12+/m0/s1. The van der Waals surface area contributed by atoms with Crippen molar-refractivity contribution in [1.82, 2.24) is 4.90 Å². The maximum Gasteiger partial charge on any atom is 0.307 e. The van der Waals surface area contributed by atoms with Crippen LogP contribution in [0.15, 0.2) is 12.7 Å². The summed E-state index contributed by atoms with van der Waals surface area (Å²) in [5.41, 5.74) is 0. The fourth-order valence-electron chi connectivity index (χ4n) is 2.70. The van der Waals surface area contributed by atoms with Gasteiger partial charge in [0.05, 0.1) is 11.8 Å². The van der Waals surface area contributed by atoms with Gasteiger partial charge in [0, 0.05) is 13.6 Å². The first-order valence-electron chi connectivity index (χ1n) is 6.56. The van der Waals surface area contributed by atoms with E-state index in [1.54, 1.807) is 11.9 Å². The number of nitrogens with zero attached hydrogens (tertiary/aromatic N) is 1. The first-order chi connectivity index (χ1) is 8.47. The third kappa shape index (κ3) is 3.59. The Bertz CT molecular complexity index is 327. The Balaban J connectivity index is 2.58. The van der Waals surface area contributed by atoms with Gasteiger partial charge < -0.3 is 10.0 Å². The zero-order chi connectivity index (χ0) is 13.7. The van der Waals surface area contributed by atoms with E-state index in [0.29, 0.717) is 25.3 Å². The van der Waals surface area contributed by atoms with E-state index in [1.165, 1.54) is 0 Å². The average Bonchev–Trinajstić information content (AvgIpc) is 2.70. The van der Waals surface area contributed by atoms with E-state index in [4.69, 9.17) is 5.11 Å². The van der Waals surface area contributed by atoms with Gasteiger partial charge in [0.25, 0.3) is 0 Å². The van der Waals surface area contributed by atoms with Crippen LogP contribution in [0.3, 0.4) is 0 Å². The maximum atomic E-state index is 12.2. The van der Waals surface area contributed by atoms with Crippen LogP contribution in [0.2, 0.25) is 0 Å². The van der Waals surface area contributed by atoms with E-state index in [1.807, 2.05) is 13.0 Å². The summed E-state index contributed by atoms with van der Waals surface area (Å²) in [5, 5.41) is 9.16. The van der Waals surface area contributed by atoms with Crippen LogP contribution in [0.5, 0.6) is 0 Å². The zero-order valence-corrected chi connectivity index (χ0v) is 11.3. The van der Waals surface area contributed by atoms with Crippen LogP contribution in [-0.2, 0) is 9.59 Å². The fraction of sp³-hybridized carbons (Fsp3) is 0.714. The normalized spacial score (nSPS) is 26.9. The Labute approximate surface area is 109 Å². The van der Waals surface area contributed by atoms with E-state index < -0.39 is 11.9 Å². The number of unbranched alkanes of at least 4 members (excludes halogenated alkanes) is 1. The van der Waals surface area contributed by atoms with Gasteiger partial charge in [0.2, 0.25) is 5.91 Å². The zero-order valence-electron chi connectivity index (χ0n) is 11.3. The van der Waals surface area contributed by atoms with Crippen molar-refractivity contribution in [3.05, 3.63) is 12.7 Å². The molecule has 102 valence electrons. The van der Waals surface area contributed by atoms with Gasteiger partial charge in [-0.15, -0.1) is 6.58 Å². The number of carbonyl (C=O) groups excluding carboxylic acids is 1. The van der Waals surface area contributed by atoms with Gasteiger partial charge in [-0.05, 0) is 31.6 Å². The molecule has 1 saturated carbocycles. The lowest BCUT2D eigenvalue weighted by Gasteiger charge is -2.23. The smallest absolute Gasteiger partial charge is 0.307 e. The molecule has 18 heavy (non-hydrogen) atoms. The Morgan fingerprint density at radius 3 is 2.56 bits per heavy atom. The molecule has 0 bridgehead atoms. The maximum absolute atomic E-state index is 12.2. The molecular weight excluding hydrogens is 230 g/mol. The molecule has 0 aromatic carbocycles. The average molecular weight is 253 g/mol. The third-order valence-corrected chi connectivity index (χ3v) is 3.71. The number of hydrogen-bond donors (Lipinski definition) is 1. The van der Waals surface area contributed by atoms with Crippen LogP contribution in [0.4, 0.5) is 0 Å². The van der Waals surface area contributed by atoms with E-state index >= 15 is 0 Å². The predicted molar refractivity (Wildman–Crippen MR) is 70.1 cm³/mol. The molecule has 1 fully saturated rings. The third-order valence-electron chi connectivity index (χ3n) is 3.71. The van der Waals surface area contributed by atoms with Crippen LogP contribution in [0.1, 0.15) is 32.6 Å². The molecule has 0 aromatic heterocycles. The second-order valence-corrected chi connectivity index (χ2v) is 5.32. The minimum atomic E-state index is -0.836. The van der Waals surface area contributed by atoms with Crippen molar-refractivity contribution in [3.8, 4) is 0 Å². The van der Waals surface area contributed by atoms with Crippen molar-refractivity contribution >= 4 is 11.9 Å². The second-order valence-electron chi connectivity index (χ2n) is 5.32. The Kier molecular flexibility index (Phi) is 5.38. The number of carbonyl (C=O) groups is 2. The summed E-state index contributed by atoms with van der Waals surface area (Å²) >= 11 is 0. The molecule has 0 radical (unpaired) electrons. The number of rotatable bonds is 6. The first kappa shape index (κ1) is 14.7. The molecule has 0 heterocycles. The van der Waals surface area contributed by atoms with Crippen molar-refractivity contribution in [2.24, 2.45) is 17.8 Å². The minimum Gasteiger partial charge on any atom is -0.481 e. The summed E-state index contributed by atoms with van der Waals surface area (Å²) in [7, 11) is 1.76. The highest BCUT2D eigenvalue weighted by Crippen LogP contribution is 2.37. The molecule has 1 rings (SSSR count). The molecule has 0 saturated heterocycles. The molecule has 0 aromatic rings. The predicted octanol–water partition coefficient (Wildman–Crippen LogP) is 2.16. The summed E-state index contributed by atoms with van der Waals surface area (Å²) in [5.74, 6) is -1.38. The first-order valence-corrected chi connectivity index (χ1v) is 6.56. The minimum absolute atomic E-state index is 0.0178. The van der Waals surface area contributed by atoms with Crippen LogP contribution >= 0.6 is 0 Å². The number of aliphatic carboxylic acids is 1. The highest BCUT2D eigenvalue weighted by molar-refractivity contribution is 5.85. The number of allylic oxidation sites excluding steroid dienone is 1. The molecule has 1 amide bonds. The topological polar surface area (TPSA) is 57.6 Å². The largest absolute Gasteiger partial charge is 0.481 e.